The second-order valence-electron chi connectivity index (χ2n) is 5.88. The monoisotopic (exact) mass is 409 g/mol. The largest absolute Gasteiger partial charge is 0.281 e. The van der Waals surface area contributed by atoms with Gasteiger partial charge in [0.05, 0.1) is 22.2 Å². The SMILES string of the molecule is O=C(NNc1ncnc2c1cnn2-c1ccc(Cl)cc1)c1cccc([N+](=O)[O-])c1. The number of amides is 1. The van der Waals surface area contributed by atoms with Crippen molar-refractivity contribution in [3.63, 3.8) is 0 Å². The number of nitrogens with one attached hydrogen (secondary N) is 2. The van der Waals surface area contributed by atoms with Gasteiger partial charge in [0.2, 0.25) is 0 Å². The fraction of sp³-hybridized carbons (Fsp3) is 0. The highest BCUT2D eigenvalue weighted by Crippen LogP contribution is 2.22. The number of non-ortho nitro benzene ring substituents is 1. The Morgan fingerprint density at radius 2 is 1.93 bits per heavy atom. The number of carbonyl (C=O) groups is 1. The van der Waals surface area contributed by atoms with Crippen molar-refractivity contribution in [1.82, 2.24) is 25.2 Å². The topological polar surface area (TPSA) is 128 Å². The van der Waals surface area contributed by atoms with E-state index in [0.29, 0.717) is 21.9 Å². The molecule has 0 aliphatic rings. The molecule has 2 aromatic carbocycles. The highest BCUT2D eigenvalue weighted by atomic mass is 35.5. The van der Waals surface area contributed by atoms with Gasteiger partial charge in [-0.1, -0.05) is 17.7 Å². The van der Waals surface area contributed by atoms with Crippen molar-refractivity contribution >= 4 is 40.0 Å². The third kappa shape index (κ3) is 3.69. The van der Waals surface area contributed by atoms with Crippen molar-refractivity contribution in [2.45, 2.75) is 0 Å². The number of halogens is 1. The Kier molecular flexibility index (Phi) is 4.75. The number of hydrogen-bond acceptors (Lipinski definition) is 7. The number of rotatable bonds is 5. The first-order chi connectivity index (χ1) is 14.0. The van der Waals surface area contributed by atoms with Gasteiger partial charge in [-0.05, 0) is 30.3 Å². The van der Waals surface area contributed by atoms with Crippen molar-refractivity contribution in [2.75, 3.05) is 5.43 Å². The van der Waals surface area contributed by atoms with E-state index in [0.717, 1.165) is 5.69 Å². The van der Waals surface area contributed by atoms with E-state index in [2.05, 4.69) is 25.9 Å². The number of anilines is 1. The molecule has 4 aromatic rings. The summed E-state index contributed by atoms with van der Waals surface area (Å²) in [5.74, 6) is -0.223. The average molecular weight is 410 g/mol. The summed E-state index contributed by atoms with van der Waals surface area (Å²) in [6, 6.07) is 12.5. The van der Waals surface area contributed by atoms with Gasteiger partial charge in [0.15, 0.2) is 11.5 Å². The lowest BCUT2D eigenvalue weighted by Crippen LogP contribution is -2.29. The number of hydrogen-bond donors (Lipinski definition) is 2. The van der Waals surface area contributed by atoms with Crippen LogP contribution in [0.4, 0.5) is 11.5 Å². The van der Waals surface area contributed by atoms with Crippen LogP contribution < -0.4 is 10.9 Å². The van der Waals surface area contributed by atoms with Gasteiger partial charge in [0.25, 0.3) is 11.6 Å². The third-order valence-electron chi connectivity index (χ3n) is 4.05. The third-order valence-corrected chi connectivity index (χ3v) is 4.30. The lowest BCUT2D eigenvalue weighted by molar-refractivity contribution is -0.384. The molecular weight excluding hydrogens is 398 g/mol. The summed E-state index contributed by atoms with van der Waals surface area (Å²) in [7, 11) is 0. The van der Waals surface area contributed by atoms with Crippen LogP contribution in [0, 0.1) is 10.1 Å². The lowest BCUT2D eigenvalue weighted by atomic mass is 10.2. The zero-order valence-electron chi connectivity index (χ0n) is 14.6. The van der Waals surface area contributed by atoms with Crippen molar-refractivity contribution < 1.29 is 9.72 Å². The molecule has 0 bridgehead atoms. The van der Waals surface area contributed by atoms with Gasteiger partial charge in [-0.2, -0.15) is 5.10 Å². The van der Waals surface area contributed by atoms with E-state index in [-0.39, 0.29) is 11.3 Å². The molecule has 0 aliphatic heterocycles. The molecule has 0 spiro atoms. The summed E-state index contributed by atoms with van der Waals surface area (Å²) in [5, 5.41) is 16.4. The molecule has 4 rings (SSSR count). The van der Waals surface area contributed by atoms with E-state index in [1.165, 1.54) is 30.6 Å². The number of aromatic nitrogens is 4. The van der Waals surface area contributed by atoms with E-state index < -0.39 is 10.8 Å². The normalized spacial score (nSPS) is 10.7. The zero-order chi connectivity index (χ0) is 20.4. The molecule has 0 saturated heterocycles. The minimum absolute atomic E-state index is 0.133. The predicted molar refractivity (Wildman–Crippen MR) is 106 cm³/mol. The second kappa shape index (κ2) is 7.52. The molecule has 1 amide bonds. The minimum Gasteiger partial charge on any atom is -0.281 e. The van der Waals surface area contributed by atoms with Crippen LogP contribution in [-0.4, -0.2) is 30.6 Å². The van der Waals surface area contributed by atoms with Gasteiger partial charge in [0.1, 0.15) is 6.33 Å². The van der Waals surface area contributed by atoms with Crippen LogP contribution in [0.1, 0.15) is 10.4 Å². The van der Waals surface area contributed by atoms with Gasteiger partial charge < -0.3 is 0 Å². The molecule has 0 atom stereocenters. The van der Waals surface area contributed by atoms with E-state index in [4.69, 9.17) is 11.6 Å². The molecule has 0 saturated carbocycles. The van der Waals surface area contributed by atoms with Crippen LogP contribution >= 0.6 is 11.6 Å². The van der Waals surface area contributed by atoms with Gasteiger partial charge in [-0.15, -0.1) is 0 Å². The molecule has 29 heavy (non-hydrogen) atoms. The van der Waals surface area contributed by atoms with Crippen LogP contribution in [-0.2, 0) is 0 Å². The van der Waals surface area contributed by atoms with Crippen LogP contribution in [0.5, 0.6) is 0 Å². The Bertz CT molecular complexity index is 1220. The summed E-state index contributed by atoms with van der Waals surface area (Å²) >= 11 is 5.92. The molecule has 0 fully saturated rings. The molecule has 0 radical (unpaired) electrons. The number of fused-ring (bicyclic) bond motifs is 1. The number of nitro groups is 1. The molecule has 2 N–H and O–H groups in total. The summed E-state index contributed by atoms with van der Waals surface area (Å²) in [6.45, 7) is 0. The molecule has 10 nitrogen and oxygen atoms in total. The Hall–Kier alpha value is -4.05. The lowest BCUT2D eigenvalue weighted by Gasteiger charge is -2.08. The van der Waals surface area contributed by atoms with E-state index in [1.807, 2.05) is 0 Å². The predicted octanol–water partition coefficient (Wildman–Crippen LogP) is 3.13. The first-order valence-electron chi connectivity index (χ1n) is 8.28. The quantitative estimate of drug-likeness (QED) is 0.382. The number of benzene rings is 2. The number of nitro benzene ring substituents is 1. The van der Waals surface area contributed by atoms with Gasteiger partial charge in [0, 0.05) is 22.7 Å². The Morgan fingerprint density at radius 3 is 2.69 bits per heavy atom. The number of hydrazine groups is 1. The highest BCUT2D eigenvalue weighted by molar-refractivity contribution is 6.30. The number of carbonyl (C=O) groups excluding carboxylic acids is 1. The van der Waals surface area contributed by atoms with Crippen LogP contribution in [0.2, 0.25) is 5.02 Å². The maximum Gasteiger partial charge on any atom is 0.270 e. The van der Waals surface area contributed by atoms with Crippen LogP contribution in [0.15, 0.2) is 61.1 Å². The summed E-state index contributed by atoms with van der Waals surface area (Å²) in [4.78, 5) is 31.0. The standard InChI is InChI=1S/C18H12ClN7O3/c19-12-4-6-13(7-5-12)25-17-15(9-22-25)16(20-10-21-17)23-24-18(27)11-2-1-3-14(8-11)26(28)29/h1-10H,(H,24,27)(H,20,21,23). The summed E-state index contributed by atoms with van der Waals surface area (Å²) < 4.78 is 1.61. The number of nitrogens with zero attached hydrogens (tertiary/aromatic N) is 5. The molecule has 2 heterocycles. The van der Waals surface area contributed by atoms with Gasteiger partial charge in [-0.25, -0.2) is 14.6 Å². The van der Waals surface area contributed by atoms with Gasteiger partial charge >= 0.3 is 0 Å². The van der Waals surface area contributed by atoms with E-state index >= 15 is 0 Å². The van der Waals surface area contributed by atoms with Crippen LogP contribution in [0.3, 0.4) is 0 Å². The first-order valence-corrected chi connectivity index (χ1v) is 8.66. The smallest absolute Gasteiger partial charge is 0.270 e. The van der Waals surface area contributed by atoms with Crippen molar-refractivity contribution in [2.24, 2.45) is 0 Å². The molecular formula is C18H12ClN7O3. The molecule has 144 valence electrons. The fourth-order valence-electron chi connectivity index (χ4n) is 2.66. The van der Waals surface area contributed by atoms with Crippen molar-refractivity contribution in [3.8, 4) is 5.69 Å². The Morgan fingerprint density at radius 1 is 1.14 bits per heavy atom. The summed E-state index contributed by atoms with van der Waals surface area (Å²) in [5.41, 5.74) is 6.43. The maximum absolute atomic E-state index is 12.3. The highest BCUT2D eigenvalue weighted by Gasteiger charge is 2.14. The molecule has 0 aliphatic carbocycles. The minimum atomic E-state index is -0.566. The Labute approximate surface area is 168 Å². The Balaban J connectivity index is 1.57. The maximum atomic E-state index is 12.3. The van der Waals surface area contributed by atoms with Crippen molar-refractivity contribution in [1.29, 1.82) is 0 Å². The molecule has 0 unspecified atom stereocenters. The van der Waals surface area contributed by atoms with Crippen molar-refractivity contribution in [3.05, 3.63) is 81.8 Å². The van der Waals surface area contributed by atoms with Gasteiger partial charge in [-0.3, -0.25) is 25.8 Å². The second-order valence-corrected chi connectivity index (χ2v) is 6.32. The average Bonchev–Trinajstić information content (AvgIpc) is 3.17. The van der Waals surface area contributed by atoms with E-state index in [9.17, 15) is 14.9 Å². The van der Waals surface area contributed by atoms with Crippen LogP contribution in [0.25, 0.3) is 16.7 Å². The van der Waals surface area contributed by atoms with E-state index in [1.54, 1.807) is 35.1 Å². The summed E-state index contributed by atoms with van der Waals surface area (Å²) in [6.07, 6.45) is 2.89. The molecule has 2 aromatic heterocycles. The fourth-order valence-corrected chi connectivity index (χ4v) is 2.79. The first kappa shape index (κ1) is 18.3. The molecule has 11 heteroatoms. The zero-order valence-corrected chi connectivity index (χ0v) is 15.4.